The van der Waals surface area contributed by atoms with Crippen LogP contribution in [-0.4, -0.2) is 96.7 Å². The Morgan fingerprint density at radius 2 is 0.455 bits per heavy atom. The minimum Gasteiger partial charge on any atom is -0.462 e. The van der Waals surface area contributed by atoms with Gasteiger partial charge in [-0.05, 0) is 31.6 Å². The summed E-state index contributed by atoms with van der Waals surface area (Å²) < 4.78 is 68.7. The van der Waals surface area contributed by atoms with Crippen LogP contribution in [0, 0.1) is 5.92 Å². The van der Waals surface area contributed by atoms with E-state index in [1.165, 1.54) is 263 Å². The molecule has 3 N–H and O–H groups in total. The molecule has 0 aromatic rings. The summed E-state index contributed by atoms with van der Waals surface area (Å²) in [6.45, 7) is 7.35. The lowest BCUT2D eigenvalue weighted by atomic mass is 10.0. The van der Waals surface area contributed by atoms with Gasteiger partial charge in [-0.15, -0.1) is 0 Å². The van der Waals surface area contributed by atoms with Crippen molar-refractivity contribution in [1.29, 1.82) is 0 Å². The van der Waals surface area contributed by atoms with Crippen molar-refractivity contribution < 1.29 is 80.2 Å². The predicted octanol–water partition coefficient (Wildman–Crippen LogP) is 24.8. The van der Waals surface area contributed by atoms with E-state index in [0.29, 0.717) is 25.7 Å². The summed E-state index contributed by atoms with van der Waals surface area (Å²) in [5, 5.41) is 10.6. The first-order valence-corrected chi connectivity index (χ1v) is 45.6. The molecule has 0 radical (unpaired) electrons. The molecule has 0 rings (SSSR count). The van der Waals surface area contributed by atoms with Crippen molar-refractivity contribution >= 4 is 39.5 Å². The van der Waals surface area contributed by atoms with Gasteiger partial charge in [-0.25, -0.2) is 9.13 Å². The molecule has 17 nitrogen and oxygen atoms in total. The van der Waals surface area contributed by atoms with E-state index in [-0.39, 0.29) is 25.7 Å². The van der Waals surface area contributed by atoms with Crippen molar-refractivity contribution in [2.24, 2.45) is 5.92 Å². The maximum atomic E-state index is 13.1. The summed E-state index contributed by atoms with van der Waals surface area (Å²) in [4.78, 5) is 73.0. The highest BCUT2D eigenvalue weighted by Crippen LogP contribution is 2.45. The predicted molar refractivity (Wildman–Crippen MR) is 414 cm³/mol. The molecule has 19 heteroatoms. The van der Waals surface area contributed by atoms with E-state index < -0.39 is 97.5 Å². The topological polar surface area (TPSA) is 237 Å². The van der Waals surface area contributed by atoms with Gasteiger partial charge < -0.3 is 33.8 Å². The van der Waals surface area contributed by atoms with E-state index in [1.807, 2.05) is 0 Å². The van der Waals surface area contributed by atoms with Crippen molar-refractivity contribution in [3.8, 4) is 0 Å². The van der Waals surface area contributed by atoms with Crippen LogP contribution in [0.3, 0.4) is 0 Å². The number of phosphoric ester groups is 2. The molecule has 0 aromatic carbocycles. The lowest BCUT2D eigenvalue weighted by Crippen LogP contribution is -2.30. The van der Waals surface area contributed by atoms with Crippen LogP contribution in [0.15, 0.2) is 0 Å². The first-order valence-electron chi connectivity index (χ1n) is 42.6. The van der Waals surface area contributed by atoms with Gasteiger partial charge in [0.1, 0.15) is 19.3 Å². The molecule has 2 unspecified atom stereocenters. The smallest absolute Gasteiger partial charge is 0.462 e. The Hall–Kier alpha value is -1.94. The number of aliphatic hydroxyl groups is 1. The Morgan fingerprint density at radius 3 is 0.673 bits per heavy atom. The molecule has 0 aliphatic heterocycles. The minimum absolute atomic E-state index is 0.108. The number of esters is 4. The second-order valence-corrected chi connectivity index (χ2v) is 32.9. The van der Waals surface area contributed by atoms with Crippen LogP contribution in [0.1, 0.15) is 439 Å². The number of rotatable bonds is 82. The number of hydrogen-bond donors (Lipinski definition) is 3. The van der Waals surface area contributed by atoms with Crippen LogP contribution in [-0.2, 0) is 65.4 Å². The van der Waals surface area contributed by atoms with Crippen molar-refractivity contribution in [2.45, 2.75) is 457 Å². The fourth-order valence-electron chi connectivity index (χ4n) is 12.8. The average molecular weight is 1480 g/mol. The van der Waals surface area contributed by atoms with Gasteiger partial charge in [-0.3, -0.25) is 37.3 Å². The van der Waals surface area contributed by atoms with E-state index >= 15 is 0 Å². The van der Waals surface area contributed by atoms with Gasteiger partial charge in [0, 0.05) is 25.7 Å². The van der Waals surface area contributed by atoms with Gasteiger partial charge in [0.05, 0.1) is 26.4 Å². The molecule has 0 aliphatic carbocycles. The molecule has 0 saturated carbocycles. The first kappa shape index (κ1) is 99.1. The first-order chi connectivity index (χ1) is 49.0. The maximum absolute atomic E-state index is 13.1. The number of ether oxygens (including phenoxy) is 4. The molecule has 101 heavy (non-hydrogen) atoms. The molecule has 0 aromatic heterocycles. The molecule has 0 fully saturated rings. The van der Waals surface area contributed by atoms with Crippen LogP contribution in [0.2, 0.25) is 0 Å². The van der Waals surface area contributed by atoms with Crippen molar-refractivity contribution in [2.75, 3.05) is 39.6 Å². The summed E-state index contributed by atoms with van der Waals surface area (Å²) in [7, 11) is -9.92. The minimum atomic E-state index is -4.96. The molecule has 600 valence electrons. The molecule has 0 spiro atoms. The fourth-order valence-corrected chi connectivity index (χ4v) is 14.3. The SMILES string of the molecule is CCCCCCCCCCCCCCCCCCCCCCCC(=O)O[C@H](COC(=O)CCCCCCCCCCCCCCCCCC(C)C)COP(=O)(O)OC[C@@H](O)COP(=O)(O)OC[C@@H](COC(=O)CCCCCCCCCCC)OC(=O)CCCCCCCCCCCCCCC. The third-order valence-electron chi connectivity index (χ3n) is 19.3. The maximum Gasteiger partial charge on any atom is 0.472 e. The second-order valence-electron chi connectivity index (χ2n) is 30.0. The molecule has 0 bridgehead atoms. The van der Waals surface area contributed by atoms with E-state index in [1.54, 1.807) is 0 Å². The number of hydrogen-bond acceptors (Lipinski definition) is 15. The van der Waals surface area contributed by atoms with Gasteiger partial charge in [-0.1, -0.05) is 388 Å². The van der Waals surface area contributed by atoms with Crippen LogP contribution < -0.4 is 0 Å². The number of phosphoric acid groups is 2. The van der Waals surface area contributed by atoms with E-state index in [0.717, 1.165) is 95.8 Å². The molecule has 0 amide bonds. The van der Waals surface area contributed by atoms with E-state index in [9.17, 15) is 43.2 Å². The molecule has 5 atom stereocenters. The molecular formula is C82H160O17P2. The molecular weight excluding hydrogens is 1320 g/mol. The number of unbranched alkanes of at least 4 members (excludes halogenated alkanes) is 54. The van der Waals surface area contributed by atoms with Gasteiger partial charge in [-0.2, -0.15) is 0 Å². The van der Waals surface area contributed by atoms with Gasteiger partial charge >= 0.3 is 39.5 Å². The van der Waals surface area contributed by atoms with Crippen LogP contribution in [0.5, 0.6) is 0 Å². The van der Waals surface area contributed by atoms with Crippen LogP contribution >= 0.6 is 15.6 Å². The molecule has 0 heterocycles. The summed E-state index contributed by atoms with van der Waals surface area (Å²) in [6, 6.07) is 0. The third kappa shape index (κ3) is 76.1. The Morgan fingerprint density at radius 1 is 0.267 bits per heavy atom. The zero-order valence-electron chi connectivity index (χ0n) is 66.1. The van der Waals surface area contributed by atoms with E-state index in [4.69, 9.17) is 37.0 Å². The Balaban J connectivity index is 5.20. The Kier molecular flexibility index (Phi) is 73.5. The highest BCUT2D eigenvalue weighted by molar-refractivity contribution is 7.47. The van der Waals surface area contributed by atoms with Crippen molar-refractivity contribution in [1.82, 2.24) is 0 Å². The van der Waals surface area contributed by atoms with Crippen molar-refractivity contribution in [3.05, 3.63) is 0 Å². The van der Waals surface area contributed by atoms with Crippen LogP contribution in [0.4, 0.5) is 0 Å². The van der Waals surface area contributed by atoms with Gasteiger partial charge in [0.15, 0.2) is 12.2 Å². The standard InChI is InChI=1S/C82H160O17P2/c1-6-9-12-15-18-21-23-25-26-27-28-29-30-31-34-39-43-48-53-58-63-68-82(87)99-78(72-93-80(85)66-61-56-51-46-41-38-35-32-33-37-40-45-49-54-59-64-75(4)5)74-97-101(90,91)95-70-76(83)69-94-100(88,89)96-73-77(71-92-79(84)65-60-55-50-44-20-17-14-11-8-3)98-81(86)67-62-57-52-47-42-36-24-22-19-16-13-10-7-2/h75-78,83H,6-74H2,1-5H3,(H,88,89)(H,90,91)/t76-,77+,78+/m0/s1. The van der Waals surface area contributed by atoms with Gasteiger partial charge in [0.25, 0.3) is 0 Å². The average Bonchev–Trinajstić information content (AvgIpc) is 1.04. The second kappa shape index (κ2) is 74.9. The summed E-state index contributed by atoms with van der Waals surface area (Å²) in [6.07, 6.45) is 66.7. The van der Waals surface area contributed by atoms with Crippen molar-refractivity contribution in [3.63, 3.8) is 0 Å². The zero-order valence-corrected chi connectivity index (χ0v) is 67.8. The number of carbonyl (C=O) groups is 4. The quantitative estimate of drug-likeness (QED) is 0.0222. The summed E-state index contributed by atoms with van der Waals surface area (Å²) in [5.41, 5.74) is 0. The lowest BCUT2D eigenvalue weighted by molar-refractivity contribution is -0.161. The Labute approximate surface area is 619 Å². The summed E-state index contributed by atoms with van der Waals surface area (Å²) >= 11 is 0. The summed E-state index contributed by atoms with van der Waals surface area (Å²) in [5.74, 6) is -1.30. The monoisotopic (exact) mass is 1480 g/mol. The fraction of sp³-hybridized carbons (Fsp3) is 0.951. The normalized spacial score (nSPS) is 13.8. The number of carbonyl (C=O) groups excluding carboxylic acids is 4. The highest BCUT2D eigenvalue weighted by atomic mass is 31.2. The van der Waals surface area contributed by atoms with Gasteiger partial charge in [0.2, 0.25) is 0 Å². The lowest BCUT2D eigenvalue weighted by Gasteiger charge is -2.21. The largest absolute Gasteiger partial charge is 0.472 e. The molecule has 0 saturated heterocycles. The zero-order chi connectivity index (χ0) is 74.1. The highest BCUT2D eigenvalue weighted by Gasteiger charge is 2.30. The number of aliphatic hydroxyl groups excluding tert-OH is 1. The Bertz CT molecular complexity index is 1930. The molecule has 0 aliphatic rings. The third-order valence-corrected chi connectivity index (χ3v) is 21.2. The van der Waals surface area contributed by atoms with Crippen LogP contribution in [0.25, 0.3) is 0 Å². The van der Waals surface area contributed by atoms with E-state index in [2.05, 4.69) is 34.6 Å².